The van der Waals surface area contributed by atoms with Crippen LogP contribution in [0.15, 0.2) is 48.8 Å². The Balaban J connectivity index is 1.86. The lowest BCUT2D eigenvalue weighted by atomic mass is 9.91. The van der Waals surface area contributed by atoms with Crippen molar-refractivity contribution in [3.63, 3.8) is 0 Å². The molecule has 0 amide bonds. The highest BCUT2D eigenvalue weighted by Gasteiger charge is 2.22. The van der Waals surface area contributed by atoms with Gasteiger partial charge in [0.05, 0.1) is 6.54 Å². The van der Waals surface area contributed by atoms with Crippen molar-refractivity contribution in [2.45, 2.75) is 18.9 Å². The predicted octanol–water partition coefficient (Wildman–Crippen LogP) is 1.48. The van der Waals surface area contributed by atoms with Crippen LogP contribution in [0.1, 0.15) is 22.7 Å². The van der Waals surface area contributed by atoms with Gasteiger partial charge in [-0.25, -0.2) is 0 Å². The first-order valence-corrected chi connectivity index (χ1v) is 6.23. The van der Waals surface area contributed by atoms with Crippen molar-refractivity contribution in [2.24, 2.45) is 0 Å². The van der Waals surface area contributed by atoms with E-state index in [2.05, 4.69) is 46.7 Å². The fourth-order valence-electron chi connectivity index (χ4n) is 2.66. The van der Waals surface area contributed by atoms with Gasteiger partial charge >= 0.3 is 0 Å². The minimum absolute atomic E-state index is 0.572. The van der Waals surface area contributed by atoms with Crippen molar-refractivity contribution in [1.82, 2.24) is 4.98 Å². The van der Waals surface area contributed by atoms with Crippen molar-refractivity contribution in [3.8, 4) is 0 Å². The number of benzene rings is 1. The van der Waals surface area contributed by atoms with Gasteiger partial charge in [0, 0.05) is 30.8 Å². The molecule has 17 heavy (non-hydrogen) atoms. The molecule has 1 aliphatic heterocycles. The Morgan fingerprint density at radius 1 is 1.12 bits per heavy atom. The second kappa shape index (κ2) is 4.68. The molecule has 0 saturated heterocycles. The summed E-state index contributed by atoms with van der Waals surface area (Å²) in [6.07, 6.45) is 6.05. The fourth-order valence-corrected chi connectivity index (χ4v) is 2.66. The molecule has 86 valence electrons. The molecule has 0 bridgehead atoms. The zero-order chi connectivity index (χ0) is 11.5. The summed E-state index contributed by atoms with van der Waals surface area (Å²) in [5.74, 6) is 0. The summed E-state index contributed by atoms with van der Waals surface area (Å²) in [6, 6.07) is 13.6. The fraction of sp³-hybridized carbons (Fsp3) is 0.267. The summed E-state index contributed by atoms with van der Waals surface area (Å²) in [6.45, 7) is 1.20. The molecule has 0 aliphatic carbocycles. The van der Waals surface area contributed by atoms with E-state index >= 15 is 0 Å². The molecular weight excluding hydrogens is 208 g/mol. The van der Waals surface area contributed by atoms with E-state index in [1.54, 1.807) is 0 Å². The van der Waals surface area contributed by atoms with E-state index in [1.807, 2.05) is 12.4 Å². The molecule has 3 rings (SSSR count). The Hall–Kier alpha value is -1.67. The minimum Gasteiger partial charge on any atom is -0.340 e. The maximum Gasteiger partial charge on any atom is 0.116 e. The van der Waals surface area contributed by atoms with E-state index in [1.165, 1.54) is 29.7 Å². The topological polar surface area (TPSA) is 29.5 Å². The van der Waals surface area contributed by atoms with E-state index < -0.39 is 0 Å². The average molecular weight is 225 g/mol. The quantitative estimate of drug-likeness (QED) is 0.824. The SMILES string of the molecule is c1ccc2c(c1)CC[NH2+][C@@H]2Cc1ccncc1. The number of pyridine rings is 1. The maximum absolute atomic E-state index is 4.07. The van der Waals surface area contributed by atoms with Gasteiger partial charge in [-0.15, -0.1) is 0 Å². The maximum atomic E-state index is 4.07. The van der Waals surface area contributed by atoms with Crippen LogP contribution in [0, 0.1) is 0 Å². The second-order valence-corrected chi connectivity index (χ2v) is 4.64. The standard InChI is InChI=1S/C15H16N2/c1-2-4-14-13(3-1)7-10-17-15(14)11-12-5-8-16-9-6-12/h1-6,8-9,15,17H,7,10-11H2/p+1/t15-/m1/s1. The van der Waals surface area contributed by atoms with Gasteiger partial charge in [-0.1, -0.05) is 24.3 Å². The van der Waals surface area contributed by atoms with E-state index in [-0.39, 0.29) is 0 Å². The van der Waals surface area contributed by atoms with E-state index in [0.717, 1.165) is 6.42 Å². The van der Waals surface area contributed by atoms with Crippen LogP contribution >= 0.6 is 0 Å². The van der Waals surface area contributed by atoms with Crippen LogP contribution < -0.4 is 5.32 Å². The van der Waals surface area contributed by atoms with Crippen LogP contribution in [0.3, 0.4) is 0 Å². The summed E-state index contributed by atoms with van der Waals surface area (Å²) in [5.41, 5.74) is 4.41. The molecular formula is C15H17N2+. The van der Waals surface area contributed by atoms with Crippen molar-refractivity contribution < 1.29 is 5.32 Å². The average Bonchev–Trinajstić information content (AvgIpc) is 2.40. The van der Waals surface area contributed by atoms with Crippen molar-refractivity contribution in [2.75, 3.05) is 6.54 Å². The Morgan fingerprint density at radius 3 is 2.82 bits per heavy atom. The molecule has 0 fully saturated rings. The Morgan fingerprint density at radius 2 is 1.94 bits per heavy atom. The molecule has 2 heteroatoms. The van der Waals surface area contributed by atoms with Crippen LogP contribution in [0.25, 0.3) is 0 Å². The molecule has 1 aliphatic rings. The van der Waals surface area contributed by atoms with Crippen molar-refractivity contribution in [1.29, 1.82) is 0 Å². The Kier molecular flexibility index (Phi) is 2.88. The summed E-state index contributed by atoms with van der Waals surface area (Å²) in [4.78, 5) is 4.07. The number of fused-ring (bicyclic) bond motifs is 1. The Labute approximate surface area is 102 Å². The van der Waals surface area contributed by atoms with Gasteiger partial charge in [0.25, 0.3) is 0 Å². The summed E-state index contributed by atoms with van der Waals surface area (Å²) in [5, 5.41) is 2.46. The largest absolute Gasteiger partial charge is 0.340 e. The number of aromatic nitrogens is 1. The summed E-state index contributed by atoms with van der Waals surface area (Å²) >= 11 is 0. The third-order valence-electron chi connectivity index (χ3n) is 3.52. The van der Waals surface area contributed by atoms with Gasteiger partial charge in [0.1, 0.15) is 6.04 Å². The van der Waals surface area contributed by atoms with E-state index in [4.69, 9.17) is 0 Å². The smallest absolute Gasteiger partial charge is 0.116 e. The number of hydrogen-bond donors (Lipinski definition) is 1. The van der Waals surface area contributed by atoms with Gasteiger partial charge in [-0.2, -0.15) is 0 Å². The number of nitrogens with zero attached hydrogens (tertiary/aromatic N) is 1. The molecule has 0 spiro atoms. The number of rotatable bonds is 2. The molecule has 2 nitrogen and oxygen atoms in total. The van der Waals surface area contributed by atoms with Crippen LogP contribution in [-0.2, 0) is 12.8 Å². The van der Waals surface area contributed by atoms with Gasteiger partial charge < -0.3 is 5.32 Å². The highest BCUT2D eigenvalue weighted by atomic mass is 14.9. The first kappa shape index (κ1) is 10.5. The predicted molar refractivity (Wildman–Crippen MR) is 67.6 cm³/mol. The van der Waals surface area contributed by atoms with Crippen molar-refractivity contribution >= 4 is 0 Å². The Bertz CT molecular complexity index is 493. The molecule has 0 unspecified atom stereocenters. The van der Waals surface area contributed by atoms with Crippen LogP contribution in [-0.4, -0.2) is 11.5 Å². The summed E-state index contributed by atoms with van der Waals surface area (Å²) < 4.78 is 0. The molecule has 1 aromatic carbocycles. The van der Waals surface area contributed by atoms with E-state index in [9.17, 15) is 0 Å². The number of hydrogen-bond acceptors (Lipinski definition) is 1. The van der Waals surface area contributed by atoms with E-state index in [0.29, 0.717) is 6.04 Å². The highest BCUT2D eigenvalue weighted by molar-refractivity contribution is 5.31. The lowest BCUT2D eigenvalue weighted by Gasteiger charge is -2.23. The zero-order valence-corrected chi connectivity index (χ0v) is 9.84. The van der Waals surface area contributed by atoms with Gasteiger partial charge in [0.2, 0.25) is 0 Å². The molecule has 0 radical (unpaired) electrons. The van der Waals surface area contributed by atoms with Crippen LogP contribution in [0.5, 0.6) is 0 Å². The zero-order valence-electron chi connectivity index (χ0n) is 9.84. The molecule has 2 aromatic rings. The van der Waals surface area contributed by atoms with Crippen LogP contribution in [0.2, 0.25) is 0 Å². The second-order valence-electron chi connectivity index (χ2n) is 4.64. The monoisotopic (exact) mass is 225 g/mol. The first-order valence-electron chi connectivity index (χ1n) is 6.23. The third kappa shape index (κ3) is 2.22. The molecule has 0 saturated carbocycles. The van der Waals surface area contributed by atoms with Crippen LogP contribution in [0.4, 0.5) is 0 Å². The van der Waals surface area contributed by atoms with Gasteiger partial charge in [-0.05, 0) is 23.3 Å². The lowest BCUT2D eigenvalue weighted by molar-refractivity contribution is -0.698. The van der Waals surface area contributed by atoms with Gasteiger partial charge in [0.15, 0.2) is 0 Å². The molecule has 2 heterocycles. The number of nitrogens with two attached hydrogens (primary N) is 1. The first-order chi connectivity index (χ1) is 8.43. The summed E-state index contributed by atoms with van der Waals surface area (Å²) in [7, 11) is 0. The van der Waals surface area contributed by atoms with Gasteiger partial charge in [-0.3, -0.25) is 4.98 Å². The lowest BCUT2D eigenvalue weighted by Crippen LogP contribution is -2.87. The molecule has 1 atom stereocenters. The van der Waals surface area contributed by atoms with Crippen molar-refractivity contribution in [3.05, 3.63) is 65.5 Å². The minimum atomic E-state index is 0.572. The molecule has 1 aromatic heterocycles. The highest BCUT2D eigenvalue weighted by Crippen LogP contribution is 2.21. The molecule has 2 N–H and O–H groups in total. The number of quaternary nitrogens is 1. The third-order valence-corrected chi connectivity index (χ3v) is 3.52. The normalized spacial score (nSPS) is 18.7.